The van der Waals surface area contributed by atoms with Gasteiger partial charge in [0.05, 0.1) is 11.3 Å². The first-order chi connectivity index (χ1) is 8.63. The van der Waals surface area contributed by atoms with Crippen LogP contribution in [0, 0.1) is 17.2 Å². The number of halogens is 1. The highest BCUT2D eigenvalue weighted by molar-refractivity contribution is 9.10. The Labute approximate surface area is 118 Å². The van der Waals surface area contributed by atoms with Crippen molar-refractivity contribution < 1.29 is 0 Å². The fraction of sp³-hybridized carbons (Fsp3) is 0.533. The van der Waals surface area contributed by atoms with Crippen molar-refractivity contribution in [2.24, 2.45) is 5.92 Å². The number of hydrogen-bond donors (Lipinski definition) is 0. The maximum atomic E-state index is 9.23. The van der Waals surface area contributed by atoms with Crippen LogP contribution in [-0.4, -0.2) is 13.1 Å². The van der Waals surface area contributed by atoms with Gasteiger partial charge in [-0.25, -0.2) is 0 Å². The molecule has 3 heteroatoms. The molecular formula is C15H19BrN2. The fourth-order valence-corrected chi connectivity index (χ4v) is 3.29. The van der Waals surface area contributed by atoms with Crippen molar-refractivity contribution in [1.82, 2.24) is 0 Å². The topological polar surface area (TPSA) is 27.0 Å². The van der Waals surface area contributed by atoms with E-state index in [9.17, 15) is 5.26 Å². The van der Waals surface area contributed by atoms with E-state index in [2.05, 4.69) is 46.9 Å². The van der Waals surface area contributed by atoms with Gasteiger partial charge in [0.1, 0.15) is 6.07 Å². The maximum Gasteiger partial charge on any atom is 0.101 e. The number of nitrogens with zero attached hydrogens (tertiary/aromatic N) is 2. The van der Waals surface area contributed by atoms with E-state index >= 15 is 0 Å². The lowest BCUT2D eigenvalue weighted by Crippen LogP contribution is -2.39. The predicted molar refractivity (Wildman–Crippen MR) is 78.7 cm³/mol. The van der Waals surface area contributed by atoms with Gasteiger partial charge in [-0.1, -0.05) is 35.7 Å². The van der Waals surface area contributed by atoms with Crippen LogP contribution in [0.25, 0.3) is 0 Å². The van der Waals surface area contributed by atoms with Crippen molar-refractivity contribution in [1.29, 1.82) is 5.26 Å². The molecule has 0 aromatic heterocycles. The molecule has 0 spiro atoms. The normalized spacial score (nSPS) is 23.4. The summed E-state index contributed by atoms with van der Waals surface area (Å²) >= 11 is 3.50. The summed E-state index contributed by atoms with van der Waals surface area (Å²) in [6.07, 6.45) is 5.17. The van der Waals surface area contributed by atoms with Crippen LogP contribution in [0.3, 0.4) is 0 Å². The lowest BCUT2D eigenvalue weighted by molar-refractivity contribution is 0.321. The molecule has 18 heavy (non-hydrogen) atoms. The minimum atomic E-state index is 0.556. The second-order valence-electron chi connectivity index (χ2n) is 5.21. The Morgan fingerprint density at radius 2 is 2.06 bits per heavy atom. The van der Waals surface area contributed by atoms with E-state index in [0.29, 0.717) is 12.0 Å². The number of hydrogen-bond acceptors (Lipinski definition) is 2. The number of anilines is 1. The highest BCUT2D eigenvalue weighted by Crippen LogP contribution is 2.33. The standard InChI is InChI=1S/C15H19BrN2/c1-11-5-3-4-6-14(11)18(2)15-9-13(16)8-7-12(15)10-17/h7-9,11,14H,3-6H2,1-2H3. The van der Waals surface area contributed by atoms with Gasteiger partial charge in [0.25, 0.3) is 0 Å². The van der Waals surface area contributed by atoms with Crippen LogP contribution in [0.1, 0.15) is 38.2 Å². The molecule has 2 nitrogen and oxygen atoms in total. The molecule has 1 saturated carbocycles. The van der Waals surface area contributed by atoms with Crippen LogP contribution >= 0.6 is 15.9 Å². The van der Waals surface area contributed by atoms with Crippen LogP contribution < -0.4 is 4.90 Å². The quantitative estimate of drug-likeness (QED) is 0.813. The van der Waals surface area contributed by atoms with Crippen molar-refractivity contribution in [3.05, 3.63) is 28.2 Å². The second kappa shape index (κ2) is 5.75. The Hall–Kier alpha value is -1.01. The van der Waals surface area contributed by atoms with E-state index in [1.807, 2.05) is 12.1 Å². The molecular weight excluding hydrogens is 288 g/mol. The molecule has 96 valence electrons. The minimum absolute atomic E-state index is 0.556. The predicted octanol–water partition coefficient (Wildman–Crippen LogP) is 4.34. The van der Waals surface area contributed by atoms with Crippen molar-refractivity contribution in [2.75, 3.05) is 11.9 Å². The third kappa shape index (κ3) is 2.70. The highest BCUT2D eigenvalue weighted by atomic mass is 79.9. The van der Waals surface area contributed by atoms with Gasteiger partial charge >= 0.3 is 0 Å². The molecule has 1 aliphatic rings. The van der Waals surface area contributed by atoms with Crippen molar-refractivity contribution in [3.8, 4) is 6.07 Å². The van der Waals surface area contributed by atoms with E-state index in [1.54, 1.807) is 0 Å². The molecule has 0 N–H and O–H groups in total. The third-order valence-electron chi connectivity index (χ3n) is 4.02. The first-order valence-corrected chi connectivity index (χ1v) is 7.35. The lowest BCUT2D eigenvalue weighted by atomic mass is 9.84. The monoisotopic (exact) mass is 306 g/mol. The molecule has 0 saturated heterocycles. The van der Waals surface area contributed by atoms with Crippen LogP contribution in [0.2, 0.25) is 0 Å². The van der Waals surface area contributed by atoms with Gasteiger partial charge in [0, 0.05) is 17.6 Å². The summed E-state index contributed by atoms with van der Waals surface area (Å²) < 4.78 is 1.03. The van der Waals surface area contributed by atoms with Crippen LogP contribution in [0.15, 0.2) is 22.7 Å². The molecule has 0 heterocycles. The lowest BCUT2D eigenvalue weighted by Gasteiger charge is -2.38. The molecule has 2 atom stereocenters. The molecule has 2 rings (SSSR count). The molecule has 1 aromatic rings. The molecule has 0 amide bonds. The minimum Gasteiger partial charge on any atom is -0.370 e. The maximum absolute atomic E-state index is 9.23. The van der Waals surface area contributed by atoms with Gasteiger partial charge in [-0.05, 0) is 37.0 Å². The number of benzene rings is 1. The summed E-state index contributed by atoms with van der Waals surface area (Å²) in [5.41, 5.74) is 1.81. The Kier molecular flexibility index (Phi) is 4.29. The summed E-state index contributed by atoms with van der Waals surface area (Å²) in [6, 6.07) is 8.73. The van der Waals surface area contributed by atoms with Crippen LogP contribution in [0.4, 0.5) is 5.69 Å². The molecule has 0 aliphatic heterocycles. The number of rotatable bonds is 2. The first kappa shape index (κ1) is 13.4. The average Bonchev–Trinajstić information content (AvgIpc) is 2.38. The Morgan fingerprint density at radius 1 is 1.33 bits per heavy atom. The van der Waals surface area contributed by atoms with E-state index in [4.69, 9.17) is 0 Å². The molecule has 1 aliphatic carbocycles. The van der Waals surface area contributed by atoms with Gasteiger partial charge in [-0.2, -0.15) is 5.26 Å². The summed E-state index contributed by atoms with van der Waals surface area (Å²) in [6.45, 7) is 2.32. The van der Waals surface area contributed by atoms with Gasteiger partial charge in [-0.15, -0.1) is 0 Å². The summed E-state index contributed by atoms with van der Waals surface area (Å²) in [7, 11) is 2.12. The summed E-state index contributed by atoms with van der Waals surface area (Å²) in [5.74, 6) is 0.703. The zero-order valence-corrected chi connectivity index (χ0v) is 12.6. The number of nitriles is 1. The van der Waals surface area contributed by atoms with E-state index in [-0.39, 0.29) is 0 Å². The van der Waals surface area contributed by atoms with Gasteiger partial charge in [0.2, 0.25) is 0 Å². The zero-order chi connectivity index (χ0) is 13.1. The molecule has 2 unspecified atom stereocenters. The third-order valence-corrected chi connectivity index (χ3v) is 4.52. The Bertz CT molecular complexity index is 464. The van der Waals surface area contributed by atoms with Crippen molar-refractivity contribution in [2.45, 2.75) is 38.6 Å². The molecule has 0 radical (unpaired) electrons. The highest BCUT2D eigenvalue weighted by Gasteiger charge is 2.26. The largest absolute Gasteiger partial charge is 0.370 e. The zero-order valence-electron chi connectivity index (χ0n) is 11.0. The van der Waals surface area contributed by atoms with Crippen molar-refractivity contribution >= 4 is 21.6 Å². The smallest absolute Gasteiger partial charge is 0.101 e. The van der Waals surface area contributed by atoms with Gasteiger partial charge < -0.3 is 4.90 Å². The first-order valence-electron chi connectivity index (χ1n) is 6.56. The average molecular weight is 307 g/mol. The van der Waals surface area contributed by atoms with Crippen LogP contribution in [0.5, 0.6) is 0 Å². The van der Waals surface area contributed by atoms with E-state index in [1.165, 1.54) is 25.7 Å². The summed E-state index contributed by atoms with van der Waals surface area (Å²) in [5, 5.41) is 9.23. The molecule has 0 bridgehead atoms. The summed E-state index contributed by atoms with van der Waals surface area (Å²) in [4.78, 5) is 2.30. The molecule has 1 fully saturated rings. The van der Waals surface area contributed by atoms with Crippen molar-refractivity contribution in [3.63, 3.8) is 0 Å². The fourth-order valence-electron chi connectivity index (χ4n) is 2.94. The Morgan fingerprint density at radius 3 is 2.72 bits per heavy atom. The van der Waals surface area contributed by atoms with Gasteiger partial charge in [-0.3, -0.25) is 0 Å². The van der Waals surface area contributed by atoms with Gasteiger partial charge in [0.15, 0.2) is 0 Å². The van der Waals surface area contributed by atoms with Crippen LogP contribution in [-0.2, 0) is 0 Å². The van der Waals surface area contributed by atoms with E-state index in [0.717, 1.165) is 15.7 Å². The second-order valence-corrected chi connectivity index (χ2v) is 6.13. The molecule has 1 aromatic carbocycles. The SMILES string of the molecule is CC1CCCCC1N(C)c1cc(Br)ccc1C#N. The Balaban J connectivity index is 2.30. The van der Waals surface area contributed by atoms with E-state index < -0.39 is 0 Å².